The lowest BCUT2D eigenvalue weighted by atomic mass is 10.1. The lowest BCUT2D eigenvalue weighted by molar-refractivity contribution is -0.116. The molecular formula is C38H30FN3O5S. The maximum atomic E-state index is 13.6. The molecule has 0 aliphatic rings. The maximum Gasteiger partial charge on any atom is 0.339 e. The van der Waals surface area contributed by atoms with E-state index in [4.69, 9.17) is 4.74 Å². The van der Waals surface area contributed by atoms with Gasteiger partial charge in [0, 0.05) is 16.1 Å². The Morgan fingerprint density at radius 2 is 1.35 bits per heavy atom. The van der Waals surface area contributed by atoms with Gasteiger partial charge in [0.1, 0.15) is 16.8 Å². The Bertz CT molecular complexity index is 1930. The molecule has 5 aromatic rings. The van der Waals surface area contributed by atoms with Crippen LogP contribution in [0.15, 0.2) is 144 Å². The average molecular weight is 660 g/mol. The summed E-state index contributed by atoms with van der Waals surface area (Å²) >= 11 is 1.29. The third-order valence-electron chi connectivity index (χ3n) is 7.01. The summed E-state index contributed by atoms with van der Waals surface area (Å²) < 4.78 is 18.4. The fourth-order valence-corrected chi connectivity index (χ4v) is 5.62. The van der Waals surface area contributed by atoms with Crippen molar-refractivity contribution in [2.45, 2.75) is 10.1 Å². The largest absolute Gasteiger partial charge is 0.465 e. The molecule has 0 aliphatic carbocycles. The number of rotatable bonds is 11. The first-order valence-corrected chi connectivity index (χ1v) is 15.6. The molecule has 240 valence electrons. The van der Waals surface area contributed by atoms with Gasteiger partial charge in [-0.3, -0.25) is 14.4 Å². The molecule has 0 bridgehead atoms. The van der Waals surface area contributed by atoms with Crippen LogP contribution in [-0.2, 0) is 14.3 Å². The highest BCUT2D eigenvalue weighted by molar-refractivity contribution is 8.00. The quantitative estimate of drug-likeness (QED) is 0.0769. The Morgan fingerprint density at radius 3 is 2.02 bits per heavy atom. The van der Waals surface area contributed by atoms with Crippen molar-refractivity contribution in [2.75, 3.05) is 17.7 Å². The van der Waals surface area contributed by atoms with Crippen molar-refractivity contribution in [3.8, 4) is 0 Å². The van der Waals surface area contributed by atoms with Gasteiger partial charge in [0.05, 0.1) is 18.4 Å². The summed E-state index contributed by atoms with van der Waals surface area (Å²) in [5, 5.41) is 7.63. The summed E-state index contributed by atoms with van der Waals surface area (Å²) in [6, 6.07) is 36.7. The molecule has 0 fully saturated rings. The van der Waals surface area contributed by atoms with Crippen LogP contribution in [0, 0.1) is 5.82 Å². The molecule has 1 unspecified atom stereocenters. The zero-order valence-electron chi connectivity index (χ0n) is 25.7. The number of para-hydroxylation sites is 1. The summed E-state index contributed by atoms with van der Waals surface area (Å²) in [7, 11) is 1.28. The van der Waals surface area contributed by atoms with Gasteiger partial charge in [-0.15, -0.1) is 11.8 Å². The van der Waals surface area contributed by atoms with Crippen LogP contribution in [0.2, 0.25) is 0 Å². The molecule has 3 N–H and O–H groups in total. The fraction of sp³-hybridized carbons (Fsp3) is 0.0526. The molecule has 0 radical (unpaired) electrons. The molecule has 3 amide bonds. The second-order valence-electron chi connectivity index (χ2n) is 10.3. The second kappa shape index (κ2) is 16.0. The zero-order chi connectivity index (χ0) is 33.9. The normalized spacial score (nSPS) is 11.6. The molecule has 5 aromatic carbocycles. The maximum absolute atomic E-state index is 13.6. The first-order chi connectivity index (χ1) is 23.3. The zero-order valence-corrected chi connectivity index (χ0v) is 26.5. The van der Waals surface area contributed by atoms with E-state index in [1.54, 1.807) is 78.9 Å². The lowest BCUT2D eigenvalue weighted by Crippen LogP contribution is -2.30. The number of ether oxygens (including phenoxy) is 1. The van der Waals surface area contributed by atoms with Crippen molar-refractivity contribution in [1.82, 2.24) is 5.32 Å². The van der Waals surface area contributed by atoms with Crippen LogP contribution >= 0.6 is 11.8 Å². The minimum absolute atomic E-state index is 0.0399. The van der Waals surface area contributed by atoms with Gasteiger partial charge in [0.25, 0.3) is 11.8 Å². The Kier molecular flexibility index (Phi) is 11.1. The first kappa shape index (κ1) is 33.4. The number of anilines is 2. The van der Waals surface area contributed by atoms with Crippen molar-refractivity contribution in [3.05, 3.63) is 167 Å². The molecule has 0 aromatic heterocycles. The third-order valence-corrected chi connectivity index (χ3v) is 8.27. The van der Waals surface area contributed by atoms with E-state index in [9.17, 15) is 23.6 Å². The van der Waals surface area contributed by atoms with E-state index in [0.29, 0.717) is 22.5 Å². The monoisotopic (exact) mass is 659 g/mol. The molecule has 5 rings (SSSR count). The molecule has 0 heterocycles. The smallest absolute Gasteiger partial charge is 0.339 e. The number of esters is 1. The molecule has 8 nitrogen and oxygen atoms in total. The van der Waals surface area contributed by atoms with E-state index in [-0.39, 0.29) is 17.2 Å². The number of carbonyl (C=O) groups is 4. The van der Waals surface area contributed by atoms with Crippen molar-refractivity contribution in [1.29, 1.82) is 0 Å². The SMILES string of the molecule is COC(=O)c1ccccc1NC(=O)C(Sc1ccc(NC(=O)/C(=C/c2ccc(F)cc2)NC(=O)c2ccccc2)cc1)c1ccccc1. The Balaban J connectivity index is 1.33. The number of carbonyl (C=O) groups excluding carboxylic acids is 4. The average Bonchev–Trinajstić information content (AvgIpc) is 3.12. The highest BCUT2D eigenvalue weighted by Crippen LogP contribution is 2.37. The van der Waals surface area contributed by atoms with Crippen LogP contribution in [0.1, 0.15) is 37.1 Å². The number of thioether (sulfide) groups is 1. The summed E-state index contributed by atoms with van der Waals surface area (Å²) in [5.41, 5.74) is 2.59. The third kappa shape index (κ3) is 8.83. The number of nitrogens with one attached hydrogen (secondary N) is 3. The number of methoxy groups -OCH3 is 1. The molecule has 0 saturated heterocycles. The topological polar surface area (TPSA) is 114 Å². The standard InChI is InChI=1S/C38H30FN3O5S/c1-47-38(46)31-14-8-9-15-32(31)41-37(45)34(26-10-4-2-5-11-26)48-30-22-20-29(21-23-30)40-36(44)33(24-25-16-18-28(39)19-17-25)42-35(43)27-12-6-3-7-13-27/h2-24,34H,1H3,(H,40,44)(H,41,45)(H,42,43)/b33-24-. The lowest BCUT2D eigenvalue weighted by Gasteiger charge is -2.18. The Hall–Kier alpha value is -6.00. The van der Waals surface area contributed by atoms with E-state index < -0.39 is 28.9 Å². The number of hydrogen-bond acceptors (Lipinski definition) is 6. The van der Waals surface area contributed by atoms with Gasteiger partial charge >= 0.3 is 5.97 Å². The predicted octanol–water partition coefficient (Wildman–Crippen LogP) is 7.49. The summed E-state index contributed by atoms with van der Waals surface area (Å²) in [4.78, 5) is 52.9. The number of benzene rings is 5. The van der Waals surface area contributed by atoms with Gasteiger partial charge in [0.15, 0.2) is 0 Å². The highest BCUT2D eigenvalue weighted by Gasteiger charge is 2.24. The van der Waals surface area contributed by atoms with Crippen LogP contribution in [0.5, 0.6) is 0 Å². The van der Waals surface area contributed by atoms with E-state index in [0.717, 1.165) is 10.5 Å². The highest BCUT2D eigenvalue weighted by atomic mass is 32.2. The molecule has 0 saturated carbocycles. The van der Waals surface area contributed by atoms with Crippen LogP contribution in [-0.4, -0.2) is 30.8 Å². The second-order valence-corrected chi connectivity index (χ2v) is 11.5. The van der Waals surface area contributed by atoms with E-state index >= 15 is 0 Å². The van der Waals surface area contributed by atoms with E-state index in [1.165, 1.54) is 49.2 Å². The van der Waals surface area contributed by atoms with Crippen LogP contribution in [0.25, 0.3) is 6.08 Å². The molecule has 0 spiro atoms. The molecule has 48 heavy (non-hydrogen) atoms. The van der Waals surface area contributed by atoms with E-state index in [1.807, 2.05) is 30.3 Å². The summed E-state index contributed by atoms with van der Waals surface area (Å²) in [6.45, 7) is 0. The molecule has 0 aliphatic heterocycles. The summed E-state index contributed by atoms with van der Waals surface area (Å²) in [5.74, 6) is -2.41. The number of halogens is 1. The first-order valence-electron chi connectivity index (χ1n) is 14.8. The van der Waals surface area contributed by atoms with Gasteiger partial charge in [-0.1, -0.05) is 72.8 Å². The number of hydrogen-bond donors (Lipinski definition) is 3. The van der Waals surface area contributed by atoms with Crippen molar-refractivity contribution in [3.63, 3.8) is 0 Å². The number of amides is 3. The van der Waals surface area contributed by atoms with Crippen LogP contribution < -0.4 is 16.0 Å². The van der Waals surface area contributed by atoms with E-state index in [2.05, 4.69) is 16.0 Å². The fourth-order valence-electron chi connectivity index (χ4n) is 4.60. The predicted molar refractivity (Wildman–Crippen MR) is 185 cm³/mol. The van der Waals surface area contributed by atoms with Gasteiger partial charge in [-0.05, 0) is 77.9 Å². The van der Waals surface area contributed by atoms with Crippen LogP contribution in [0.3, 0.4) is 0 Å². The van der Waals surface area contributed by atoms with Gasteiger partial charge in [0.2, 0.25) is 5.91 Å². The van der Waals surface area contributed by atoms with Crippen molar-refractivity contribution < 1.29 is 28.3 Å². The van der Waals surface area contributed by atoms with Crippen molar-refractivity contribution in [2.24, 2.45) is 0 Å². The Labute approximate surface area is 281 Å². The molecule has 1 atom stereocenters. The molecular weight excluding hydrogens is 629 g/mol. The van der Waals surface area contributed by atoms with Crippen molar-refractivity contribution >= 4 is 52.9 Å². The van der Waals surface area contributed by atoms with Gasteiger partial charge < -0.3 is 20.7 Å². The van der Waals surface area contributed by atoms with Gasteiger partial charge in [-0.2, -0.15) is 0 Å². The summed E-state index contributed by atoms with van der Waals surface area (Å²) in [6.07, 6.45) is 1.46. The Morgan fingerprint density at radius 1 is 0.729 bits per heavy atom. The minimum atomic E-state index is -0.684. The molecule has 10 heteroatoms. The van der Waals surface area contributed by atoms with Crippen LogP contribution in [0.4, 0.5) is 15.8 Å². The van der Waals surface area contributed by atoms with Gasteiger partial charge in [-0.25, -0.2) is 9.18 Å². The minimum Gasteiger partial charge on any atom is -0.465 e.